The fraction of sp³-hybridized carbons (Fsp3) is 0.700. The van der Waals surface area contributed by atoms with E-state index in [1.807, 2.05) is 0 Å². The van der Waals surface area contributed by atoms with Gasteiger partial charge in [0.1, 0.15) is 20.1 Å². The molecule has 1 aliphatic heterocycles. The van der Waals surface area contributed by atoms with Gasteiger partial charge in [-0.1, -0.05) is 0 Å². The van der Waals surface area contributed by atoms with E-state index in [1.165, 1.54) is 13.9 Å². The number of alkyl halides is 1. The second kappa shape index (κ2) is 4.50. The van der Waals surface area contributed by atoms with E-state index < -0.39 is 23.9 Å². The molecule has 0 bridgehead atoms. The number of ether oxygens (including phenoxy) is 1. The summed E-state index contributed by atoms with van der Waals surface area (Å²) < 4.78 is 19.4. The SMILES string of the molecule is B[C@@H]1O[C@H](CO)[C@H](O)C1(F)C=C=C(C)C. The zero-order valence-corrected chi connectivity index (χ0v) is 9.20. The first-order valence-corrected chi connectivity index (χ1v) is 4.96. The Bertz CT molecular complexity index is 297. The van der Waals surface area contributed by atoms with Gasteiger partial charge in [-0.2, -0.15) is 0 Å². The van der Waals surface area contributed by atoms with E-state index in [9.17, 15) is 9.50 Å². The van der Waals surface area contributed by atoms with Crippen LogP contribution in [0.4, 0.5) is 4.39 Å². The smallest absolute Gasteiger partial charge is 0.182 e. The zero-order valence-electron chi connectivity index (χ0n) is 9.20. The second-order valence-corrected chi connectivity index (χ2v) is 4.06. The molecule has 0 amide bonds. The van der Waals surface area contributed by atoms with Gasteiger partial charge in [-0.3, -0.25) is 0 Å². The molecule has 0 saturated carbocycles. The van der Waals surface area contributed by atoms with Crippen molar-refractivity contribution in [2.45, 2.75) is 37.7 Å². The van der Waals surface area contributed by atoms with Gasteiger partial charge in [-0.25, -0.2) is 4.39 Å². The molecule has 0 aromatic carbocycles. The molecule has 1 heterocycles. The number of aliphatic hydroxyl groups is 2. The third kappa shape index (κ3) is 2.32. The molecule has 3 nitrogen and oxygen atoms in total. The Balaban J connectivity index is 2.97. The van der Waals surface area contributed by atoms with Gasteiger partial charge in [0.05, 0.1) is 12.6 Å². The summed E-state index contributed by atoms with van der Waals surface area (Å²) in [4.78, 5) is 0. The Labute approximate surface area is 89.7 Å². The summed E-state index contributed by atoms with van der Waals surface area (Å²) in [5.41, 5.74) is 1.58. The molecule has 1 aliphatic rings. The lowest BCUT2D eigenvalue weighted by molar-refractivity contribution is -0.00856. The summed E-state index contributed by atoms with van der Waals surface area (Å²) in [7, 11) is 1.53. The lowest BCUT2D eigenvalue weighted by Gasteiger charge is -2.21. The van der Waals surface area contributed by atoms with Crippen LogP contribution in [0.1, 0.15) is 13.8 Å². The molecule has 1 unspecified atom stereocenters. The van der Waals surface area contributed by atoms with Crippen molar-refractivity contribution in [3.63, 3.8) is 0 Å². The Hall–Kier alpha value is -0.605. The standard InChI is InChI=1S/C10H16BFO3/c1-6(2)3-4-10(12)8(14)7(5-13)15-9(10)11/h4,7-9,13-14H,5,11H2,1-2H3/t7-,8+,9-,10?/m1/s1. The summed E-state index contributed by atoms with van der Waals surface area (Å²) in [6.45, 7) is 3.19. The molecule has 0 aromatic heterocycles. The van der Waals surface area contributed by atoms with Gasteiger partial charge in [0.25, 0.3) is 0 Å². The van der Waals surface area contributed by atoms with E-state index in [0.717, 1.165) is 5.57 Å². The van der Waals surface area contributed by atoms with Crippen molar-refractivity contribution in [1.82, 2.24) is 0 Å². The minimum Gasteiger partial charge on any atom is -0.394 e. The normalized spacial score (nSPS) is 39.9. The number of hydrogen-bond donors (Lipinski definition) is 2. The quantitative estimate of drug-likeness (QED) is 0.482. The Morgan fingerprint density at radius 3 is 2.67 bits per heavy atom. The van der Waals surface area contributed by atoms with Gasteiger partial charge in [0.15, 0.2) is 5.67 Å². The highest BCUT2D eigenvalue weighted by atomic mass is 19.1. The maximum atomic E-state index is 14.3. The largest absolute Gasteiger partial charge is 0.394 e. The number of aliphatic hydroxyl groups excluding tert-OH is 2. The molecule has 1 rings (SSSR count). The first-order valence-electron chi connectivity index (χ1n) is 4.96. The monoisotopic (exact) mass is 214 g/mol. The lowest BCUT2D eigenvalue weighted by atomic mass is 9.81. The number of rotatable bonds is 2. The summed E-state index contributed by atoms with van der Waals surface area (Å²) >= 11 is 0. The molecule has 1 saturated heterocycles. The van der Waals surface area contributed by atoms with Gasteiger partial charge in [-0.05, 0) is 25.5 Å². The van der Waals surface area contributed by atoms with Crippen molar-refractivity contribution in [3.8, 4) is 0 Å². The zero-order chi connectivity index (χ0) is 11.6. The van der Waals surface area contributed by atoms with Crippen molar-refractivity contribution in [1.29, 1.82) is 0 Å². The highest BCUT2D eigenvalue weighted by molar-refractivity contribution is 6.12. The molecule has 15 heavy (non-hydrogen) atoms. The molecule has 0 spiro atoms. The minimum atomic E-state index is -1.97. The third-order valence-corrected chi connectivity index (χ3v) is 2.57. The molecule has 84 valence electrons. The fourth-order valence-electron chi connectivity index (χ4n) is 1.57. The maximum absolute atomic E-state index is 14.3. The molecule has 0 radical (unpaired) electrons. The van der Waals surface area contributed by atoms with Crippen LogP contribution >= 0.6 is 0 Å². The van der Waals surface area contributed by atoms with Crippen molar-refractivity contribution in [2.24, 2.45) is 0 Å². The fourth-order valence-corrected chi connectivity index (χ4v) is 1.57. The van der Waals surface area contributed by atoms with Gasteiger partial charge in [-0.15, -0.1) is 5.73 Å². The van der Waals surface area contributed by atoms with E-state index in [4.69, 9.17) is 9.84 Å². The van der Waals surface area contributed by atoms with Crippen molar-refractivity contribution < 1.29 is 19.3 Å². The van der Waals surface area contributed by atoms with E-state index in [2.05, 4.69) is 5.73 Å². The topological polar surface area (TPSA) is 49.7 Å². The van der Waals surface area contributed by atoms with Crippen LogP contribution in [0.25, 0.3) is 0 Å². The van der Waals surface area contributed by atoms with Crippen molar-refractivity contribution in [2.75, 3.05) is 6.61 Å². The Kier molecular flexibility index (Phi) is 3.74. The van der Waals surface area contributed by atoms with Crippen LogP contribution in [0, 0.1) is 0 Å². The summed E-state index contributed by atoms with van der Waals surface area (Å²) in [5.74, 6) is 0. The van der Waals surface area contributed by atoms with E-state index >= 15 is 0 Å². The minimum absolute atomic E-state index is 0.389. The van der Waals surface area contributed by atoms with Crippen LogP contribution in [-0.2, 0) is 4.74 Å². The average molecular weight is 214 g/mol. The first kappa shape index (κ1) is 12.5. The number of halogens is 1. The van der Waals surface area contributed by atoms with E-state index in [0.29, 0.717) is 0 Å². The average Bonchev–Trinajstić information content (AvgIpc) is 2.40. The summed E-state index contributed by atoms with van der Waals surface area (Å²) in [6, 6.07) is -0.781. The highest BCUT2D eigenvalue weighted by Crippen LogP contribution is 2.34. The summed E-state index contributed by atoms with van der Waals surface area (Å²) in [5, 5.41) is 18.5. The molecule has 4 atom stereocenters. The first-order chi connectivity index (χ1) is 6.91. The summed E-state index contributed by atoms with van der Waals surface area (Å²) in [6.07, 6.45) is -1.02. The molecule has 0 aromatic rings. The highest BCUT2D eigenvalue weighted by Gasteiger charge is 2.53. The van der Waals surface area contributed by atoms with Crippen LogP contribution in [-0.4, -0.2) is 48.5 Å². The Morgan fingerprint density at radius 1 is 1.67 bits per heavy atom. The maximum Gasteiger partial charge on any atom is 0.182 e. The molecular formula is C10H16BFO3. The second-order valence-electron chi connectivity index (χ2n) is 4.06. The van der Waals surface area contributed by atoms with Crippen LogP contribution in [0.15, 0.2) is 17.4 Å². The van der Waals surface area contributed by atoms with E-state index in [-0.39, 0.29) is 6.61 Å². The van der Waals surface area contributed by atoms with Gasteiger partial charge < -0.3 is 14.9 Å². The molecule has 5 heteroatoms. The van der Waals surface area contributed by atoms with Gasteiger partial charge in [0, 0.05) is 0 Å². The molecular weight excluding hydrogens is 198 g/mol. The predicted molar refractivity (Wildman–Crippen MR) is 57.1 cm³/mol. The third-order valence-electron chi connectivity index (χ3n) is 2.57. The molecule has 2 N–H and O–H groups in total. The number of hydrogen-bond acceptors (Lipinski definition) is 3. The van der Waals surface area contributed by atoms with Crippen LogP contribution in [0.5, 0.6) is 0 Å². The van der Waals surface area contributed by atoms with Gasteiger partial charge >= 0.3 is 0 Å². The Morgan fingerprint density at radius 2 is 2.27 bits per heavy atom. The predicted octanol–water partition coefficient (Wildman–Crippen LogP) is -0.473. The van der Waals surface area contributed by atoms with Crippen LogP contribution < -0.4 is 0 Å². The van der Waals surface area contributed by atoms with Gasteiger partial charge in [0.2, 0.25) is 0 Å². The molecule has 0 aliphatic carbocycles. The van der Waals surface area contributed by atoms with E-state index in [1.54, 1.807) is 13.8 Å². The lowest BCUT2D eigenvalue weighted by Crippen LogP contribution is -2.43. The van der Waals surface area contributed by atoms with Crippen LogP contribution in [0.2, 0.25) is 0 Å². The molecule has 1 fully saturated rings. The van der Waals surface area contributed by atoms with Crippen molar-refractivity contribution >= 4 is 7.85 Å². The van der Waals surface area contributed by atoms with Crippen LogP contribution in [0.3, 0.4) is 0 Å². The van der Waals surface area contributed by atoms with Crippen molar-refractivity contribution in [3.05, 3.63) is 17.4 Å².